The van der Waals surface area contributed by atoms with Crippen LogP contribution in [0.5, 0.6) is 5.75 Å². The molecule has 1 N–H and O–H groups in total. The molecule has 0 aliphatic carbocycles. The van der Waals surface area contributed by atoms with Crippen LogP contribution in [0.3, 0.4) is 0 Å². The second kappa shape index (κ2) is 6.99. The van der Waals surface area contributed by atoms with E-state index in [1.54, 1.807) is 6.92 Å². The molecule has 0 aliphatic rings. The molecule has 0 heterocycles. The van der Waals surface area contributed by atoms with Crippen LogP contribution in [0.4, 0.5) is 0 Å². The van der Waals surface area contributed by atoms with E-state index in [2.05, 4.69) is 47.8 Å². The molecule has 5 heteroatoms. The van der Waals surface area contributed by atoms with Crippen molar-refractivity contribution in [3.8, 4) is 5.75 Å². The Morgan fingerprint density at radius 3 is 2.31 bits per heavy atom. The molecule has 0 saturated heterocycles. The van der Waals surface area contributed by atoms with Gasteiger partial charge in [0.25, 0.3) is 0 Å². The highest BCUT2D eigenvalue weighted by atomic mass is 79.9. The molecule has 1 unspecified atom stereocenters. The van der Waals surface area contributed by atoms with Gasteiger partial charge in [-0.1, -0.05) is 15.9 Å². The zero-order chi connectivity index (χ0) is 12.1. The van der Waals surface area contributed by atoms with Crippen LogP contribution in [0.2, 0.25) is 0 Å². The van der Waals surface area contributed by atoms with Gasteiger partial charge in [-0.05, 0) is 63.8 Å². The fraction of sp³-hybridized carbons (Fsp3) is 0.455. The van der Waals surface area contributed by atoms with Gasteiger partial charge in [-0.3, -0.25) is 0 Å². The molecular formula is C11H13Br3O2. The van der Waals surface area contributed by atoms with E-state index in [0.29, 0.717) is 6.61 Å². The van der Waals surface area contributed by atoms with Gasteiger partial charge in [0.1, 0.15) is 5.75 Å². The van der Waals surface area contributed by atoms with Crippen LogP contribution in [0.25, 0.3) is 0 Å². The number of benzene rings is 1. The lowest BCUT2D eigenvalue weighted by Crippen LogP contribution is -2.04. The molecule has 0 aromatic heterocycles. The molecule has 0 aliphatic heterocycles. The van der Waals surface area contributed by atoms with Gasteiger partial charge < -0.3 is 9.84 Å². The number of ether oxygens (including phenoxy) is 1. The predicted molar refractivity (Wildman–Crippen MR) is 76.0 cm³/mol. The van der Waals surface area contributed by atoms with Crippen molar-refractivity contribution in [2.75, 3.05) is 6.61 Å². The van der Waals surface area contributed by atoms with E-state index in [1.807, 2.05) is 12.1 Å². The fourth-order valence-corrected chi connectivity index (χ4v) is 3.71. The molecule has 1 rings (SSSR count). The minimum absolute atomic E-state index is 0.264. The Morgan fingerprint density at radius 1 is 1.25 bits per heavy atom. The molecular weight excluding hydrogens is 404 g/mol. The lowest BCUT2D eigenvalue weighted by Gasteiger charge is -2.11. The van der Waals surface area contributed by atoms with Crippen LogP contribution in [0.1, 0.15) is 19.8 Å². The van der Waals surface area contributed by atoms with Crippen LogP contribution >= 0.6 is 47.8 Å². The standard InChI is InChI=1S/C11H13Br3O2/c1-7(15)3-2-4-16-11-9(13)5-8(12)6-10(11)14/h5-7,15H,2-4H2,1H3. The summed E-state index contributed by atoms with van der Waals surface area (Å²) in [7, 11) is 0. The third-order valence-electron chi connectivity index (χ3n) is 1.98. The van der Waals surface area contributed by atoms with Gasteiger partial charge >= 0.3 is 0 Å². The van der Waals surface area contributed by atoms with Gasteiger partial charge in [0.05, 0.1) is 21.7 Å². The van der Waals surface area contributed by atoms with Crippen LogP contribution < -0.4 is 4.74 Å². The van der Waals surface area contributed by atoms with E-state index >= 15 is 0 Å². The second-order valence-corrected chi connectivity index (χ2v) is 6.16. The minimum atomic E-state index is -0.264. The van der Waals surface area contributed by atoms with Crippen LogP contribution in [0, 0.1) is 0 Å². The number of hydrogen-bond donors (Lipinski definition) is 1. The first-order chi connectivity index (χ1) is 7.50. The molecule has 0 radical (unpaired) electrons. The van der Waals surface area contributed by atoms with Gasteiger partial charge in [-0.25, -0.2) is 0 Å². The molecule has 0 saturated carbocycles. The molecule has 16 heavy (non-hydrogen) atoms. The summed E-state index contributed by atoms with van der Waals surface area (Å²) in [6.07, 6.45) is 1.33. The molecule has 1 atom stereocenters. The van der Waals surface area contributed by atoms with Crippen molar-refractivity contribution in [2.24, 2.45) is 0 Å². The summed E-state index contributed by atoms with van der Waals surface area (Å²) >= 11 is 10.3. The van der Waals surface area contributed by atoms with Crippen molar-refractivity contribution >= 4 is 47.8 Å². The van der Waals surface area contributed by atoms with Crippen molar-refractivity contribution < 1.29 is 9.84 Å². The van der Waals surface area contributed by atoms with Crippen LogP contribution in [0.15, 0.2) is 25.6 Å². The summed E-state index contributed by atoms with van der Waals surface area (Å²) < 4.78 is 8.45. The molecule has 1 aromatic carbocycles. The topological polar surface area (TPSA) is 29.5 Å². The van der Waals surface area contributed by atoms with E-state index in [-0.39, 0.29) is 6.10 Å². The summed E-state index contributed by atoms with van der Waals surface area (Å²) in [6.45, 7) is 2.38. The fourth-order valence-electron chi connectivity index (χ4n) is 1.22. The van der Waals surface area contributed by atoms with Crippen LogP contribution in [-0.2, 0) is 0 Å². The van der Waals surface area contributed by atoms with Crippen molar-refractivity contribution in [1.29, 1.82) is 0 Å². The lowest BCUT2D eigenvalue weighted by molar-refractivity contribution is 0.170. The third kappa shape index (κ3) is 4.73. The van der Waals surface area contributed by atoms with E-state index in [9.17, 15) is 0 Å². The Hall–Kier alpha value is 0.420. The Kier molecular flexibility index (Phi) is 6.32. The molecule has 0 spiro atoms. The largest absolute Gasteiger partial charge is 0.491 e. The summed E-state index contributed by atoms with van der Waals surface area (Å²) in [5.74, 6) is 0.800. The Balaban J connectivity index is 2.54. The normalized spacial score (nSPS) is 12.6. The van der Waals surface area contributed by atoms with E-state index in [1.165, 1.54) is 0 Å². The second-order valence-electron chi connectivity index (χ2n) is 3.54. The zero-order valence-electron chi connectivity index (χ0n) is 8.84. The molecule has 90 valence electrons. The number of aliphatic hydroxyl groups excluding tert-OH is 1. The van der Waals surface area contributed by atoms with Crippen molar-refractivity contribution in [2.45, 2.75) is 25.9 Å². The molecule has 0 fully saturated rings. The summed E-state index contributed by atoms with van der Waals surface area (Å²) in [5.41, 5.74) is 0. The van der Waals surface area contributed by atoms with E-state index in [0.717, 1.165) is 32.0 Å². The average molecular weight is 417 g/mol. The van der Waals surface area contributed by atoms with Gasteiger partial charge in [-0.15, -0.1) is 0 Å². The first-order valence-electron chi connectivity index (χ1n) is 4.96. The SMILES string of the molecule is CC(O)CCCOc1c(Br)cc(Br)cc1Br. The number of rotatable bonds is 5. The highest BCUT2D eigenvalue weighted by Crippen LogP contribution is 2.36. The predicted octanol–water partition coefficient (Wildman–Crippen LogP) is 4.51. The average Bonchev–Trinajstić information content (AvgIpc) is 2.14. The maximum atomic E-state index is 9.11. The third-order valence-corrected chi connectivity index (χ3v) is 3.61. The highest BCUT2D eigenvalue weighted by molar-refractivity contribution is 9.11. The van der Waals surface area contributed by atoms with Gasteiger partial charge in [0.15, 0.2) is 0 Å². The quantitative estimate of drug-likeness (QED) is 0.715. The molecule has 0 amide bonds. The molecule has 0 bridgehead atoms. The zero-order valence-corrected chi connectivity index (χ0v) is 13.6. The first kappa shape index (κ1) is 14.5. The van der Waals surface area contributed by atoms with E-state index in [4.69, 9.17) is 9.84 Å². The maximum Gasteiger partial charge on any atom is 0.147 e. The summed E-state index contributed by atoms with van der Waals surface area (Å²) in [6, 6.07) is 3.88. The molecule has 1 aromatic rings. The maximum absolute atomic E-state index is 9.11. The summed E-state index contributed by atoms with van der Waals surface area (Å²) in [4.78, 5) is 0. The Labute approximate surface area is 121 Å². The smallest absolute Gasteiger partial charge is 0.147 e. The van der Waals surface area contributed by atoms with E-state index < -0.39 is 0 Å². The summed E-state index contributed by atoms with van der Waals surface area (Å²) in [5, 5.41) is 9.11. The first-order valence-corrected chi connectivity index (χ1v) is 7.34. The number of hydrogen-bond acceptors (Lipinski definition) is 2. The minimum Gasteiger partial charge on any atom is -0.491 e. The monoisotopic (exact) mass is 414 g/mol. The van der Waals surface area contributed by atoms with Crippen LogP contribution in [-0.4, -0.2) is 17.8 Å². The number of aliphatic hydroxyl groups is 1. The molecule has 2 nitrogen and oxygen atoms in total. The van der Waals surface area contributed by atoms with Gasteiger partial charge in [-0.2, -0.15) is 0 Å². The van der Waals surface area contributed by atoms with Crippen molar-refractivity contribution in [3.05, 3.63) is 25.6 Å². The van der Waals surface area contributed by atoms with Gasteiger partial charge in [0.2, 0.25) is 0 Å². The lowest BCUT2D eigenvalue weighted by atomic mass is 10.2. The number of halogens is 3. The Morgan fingerprint density at radius 2 is 1.81 bits per heavy atom. The Bertz CT molecular complexity index is 330. The van der Waals surface area contributed by atoms with Crippen molar-refractivity contribution in [3.63, 3.8) is 0 Å². The highest BCUT2D eigenvalue weighted by Gasteiger charge is 2.08. The van der Waals surface area contributed by atoms with Crippen molar-refractivity contribution in [1.82, 2.24) is 0 Å². The van der Waals surface area contributed by atoms with Gasteiger partial charge in [0, 0.05) is 4.47 Å².